The van der Waals surface area contributed by atoms with Crippen LogP contribution >= 0.6 is 0 Å². The molecule has 0 aliphatic carbocycles. The van der Waals surface area contributed by atoms with E-state index in [0.29, 0.717) is 39.8 Å². The van der Waals surface area contributed by atoms with Crippen molar-refractivity contribution in [2.45, 2.75) is 0 Å². The molecule has 33 heavy (non-hydrogen) atoms. The number of ether oxygens (including phenoxy) is 3. The number of rotatable bonds is 5. The lowest BCUT2D eigenvalue weighted by Crippen LogP contribution is -2.32. The smallest absolute Gasteiger partial charge is 0.282 e. The van der Waals surface area contributed by atoms with E-state index in [1.165, 1.54) is 7.11 Å². The lowest BCUT2D eigenvalue weighted by Gasteiger charge is -2.15. The summed E-state index contributed by atoms with van der Waals surface area (Å²) < 4.78 is 16.2. The van der Waals surface area contributed by atoms with Gasteiger partial charge in [-0.3, -0.25) is 9.59 Å². The molecule has 162 valence electrons. The van der Waals surface area contributed by atoms with Crippen molar-refractivity contribution in [3.8, 4) is 23.3 Å². The van der Waals surface area contributed by atoms with Gasteiger partial charge in [0.1, 0.15) is 11.4 Å². The van der Waals surface area contributed by atoms with Gasteiger partial charge in [-0.2, -0.15) is 5.26 Å². The molecule has 3 aromatic carbocycles. The first-order valence-electron chi connectivity index (χ1n) is 10.0. The molecule has 0 unspecified atom stereocenters. The lowest BCUT2D eigenvalue weighted by molar-refractivity contribution is -0.120. The van der Waals surface area contributed by atoms with Crippen LogP contribution in [0.15, 0.2) is 72.4 Å². The van der Waals surface area contributed by atoms with Gasteiger partial charge < -0.3 is 19.5 Å². The molecule has 8 heteroatoms. The summed E-state index contributed by atoms with van der Waals surface area (Å²) in [6.07, 6.45) is 0. The maximum Gasteiger partial charge on any atom is 0.282 e. The molecule has 1 N–H and O–H groups in total. The van der Waals surface area contributed by atoms with Crippen molar-refractivity contribution in [1.82, 2.24) is 0 Å². The molecule has 0 bridgehead atoms. The highest BCUT2D eigenvalue weighted by molar-refractivity contribution is 6.46. The average Bonchev–Trinajstić information content (AvgIpc) is 3.41. The monoisotopic (exact) mass is 439 g/mol. The molecular weight excluding hydrogens is 422 g/mol. The van der Waals surface area contributed by atoms with E-state index in [9.17, 15) is 9.59 Å². The van der Waals surface area contributed by atoms with Crippen LogP contribution in [-0.4, -0.2) is 25.7 Å². The van der Waals surface area contributed by atoms with Gasteiger partial charge in [-0.05, 0) is 42.5 Å². The zero-order valence-electron chi connectivity index (χ0n) is 17.5. The number of fused-ring (bicyclic) bond motifs is 1. The highest BCUT2D eigenvalue weighted by Crippen LogP contribution is 2.39. The number of amides is 2. The quantitative estimate of drug-likeness (QED) is 0.605. The minimum absolute atomic E-state index is 0.104. The number of anilines is 2. The summed E-state index contributed by atoms with van der Waals surface area (Å²) in [6.45, 7) is 0.123. The van der Waals surface area contributed by atoms with E-state index in [-0.39, 0.29) is 18.1 Å². The van der Waals surface area contributed by atoms with E-state index in [1.807, 2.05) is 6.07 Å². The van der Waals surface area contributed by atoms with Crippen molar-refractivity contribution in [3.05, 3.63) is 83.6 Å². The van der Waals surface area contributed by atoms with Crippen LogP contribution in [0.5, 0.6) is 17.2 Å². The summed E-state index contributed by atoms with van der Waals surface area (Å²) in [6, 6.07) is 20.5. The van der Waals surface area contributed by atoms with Crippen molar-refractivity contribution in [2.75, 3.05) is 24.1 Å². The number of nitriles is 1. The van der Waals surface area contributed by atoms with E-state index in [1.54, 1.807) is 66.7 Å². The molecule has 0 saturated heterocycles. The van der Waals surface area contributed by atoms with Gasteiger partial charge in [0.15, 0.2) is 11.5 Å². The maximum absolute atomic E-state index is 13.6. The molecule has 0 spiro atoms. The van der Waals surface area contributed by atoms with Crippen LogP contribution in [0.3, 0.4) is 0 Å². The van der Waals surface area contributed by atoms with Crippen molar-refractivity contribution < 1.29 is 23.8 Å². The number of benzene rings is 3. The summed E-state index contributed by atoms with van der Waals surface area (Å²) in [5.41, 5.74) is 2.11. The third-order valence-electron chi connectivity index (χ3n) is 5.36. The van der Waals surface area contributed by atoms with Crippen molar-refractivity contribution >= 4 is 28.8 Å². The molecule has 2 amide bonds. The van der Waals surface area contributed by atoms with Gasteiger partial charge in [0, 0.05) is 17.3 Å². The summed E-state index contributed by atoms with van der Waals surface area (Å²) in [4.78, 5) is 28.2. The van der Waals surface area contributed by atoms with Gasteiger partial charge in [0.05, 0.1) is 30.0 Å². The van der Waals surface area contributed by atoms with Gasteiger partial charge in [-0.25, -0.2) is 4.90 Å². The first kappa shape index (κ1) is 20.2. The molecule has 0 radical (unpaired) electrons. The third kappa shape index (κ3) is 3.42. The molecule has 0 aromatic heterocycles. The Labute approximate surface area is 189 Å². The summed E-state index contributed by atoms with van der Waals surface area (Å²) in [7, 11) is 1.50. The molecule has 2 aliphatic rings. The normalized spacial score (nSPS) is 14.5. The largest absolute Gasteiger partial charge is 0.496 e. The van der Waals surface area contributed by atoms with Crippen LogP contribution in [0.25, 0.3) is 5.57 Å². The Hall–Kier alpha value is -4.77. The fourth-order valence-corrected chi connectivity index (χ4v) is 3.78. The van der Waals surface area contributed by atoms with Crippen molar-refractivity contribution in [2.24, 2.45) is 0 Å². The van der Waals surface area contributed by atoms with Crippen LogP contribution in [-0.2, 0) is 9.59 Å². The Morgan fingerprint density at radius 3 is 2.48 bits per heavy atom. The van der Waals surface area contributed by atoms with Crippen molar-refractivity contribution in [3.63, 3.8) is 0 Å². The lowest BCUT2D eigenvalue weighted by atomic mass is 10.0. The maximum atomic E-state index is 13.6. The number of carbonyl (C=O) groups excluding carboxylic acids is 2. The second-order valence-electron chi connectivity index (χ2n) is 7.25. The van der Waals surface area contributed by atoms with Crippen LogP contribution < -0.4 is 24.4 Å². The first-order valence-corrected chi connectivity index (χ1v) is 10.0. The molecule has 8 nitrogen and oxygen atoms in total. The topological polar surface area (TPSA) is 101 Å². The van der Waals surface area contributed by atoms with E-state index in [2.05, 4.69) is 5.32 Å². The number of hydrogen-bond acceptors (Lipinski definition) is 7. The van der Waals surface area contributed by atoms with E-state index < -0.39 is 11.8 Å². The van der Waals surface area contributed by atoms with Gasteiger partial charge in [-0.15, -0.1) is 0 Å². The van der Waals surface area contributed by atoms with Crippen LogP contribution in [0.1, 0.15) is 11.1 Å². The Morgan fingerprint density at radius 1 is 0.970 bits per heavy atom. The van der Waals surface area contributed by atoms with E-state index in [4.69, 9.17) is 19.5 Å². The number of carbonyl (C=O) groups is 2. The Bertz CT molecular complexity index is 1360. The molecule has 2 aliphatic heterocycles. The summed E-state index contributed by atoms with van der Waals surface area (Å²) >= 11 is 0. The predicted octanol–water partition coefficient (Wildman–Crippen LogP) is 3.69. The number of nitrogens with zero attached hydrogens (tertiary/aromatic N) is 2. The number of para-hydroxylation sites is 1. The highest BCUT2D eigenvalue weighted by atomic mass is 16.7. The minimum Gasteiger partial charge on any atom is -0.496 e. The first-order chi connectivity index (χ1) is 16.1. The van der Waals surface area contributed by atoms with E-state index in [0.717, 1.165) is 4.90 Å². The highest BCUT2D eigenvalue weighted by Gasteiger charge is 2.41. The molecule has 0 atom stereocenters. The predicted molar refractivity (Wildman–Crippen MR) is 120 cm³/mol. The number of imide groups is 1. The van der Waals surface area contributed by atoms with Crippen LogP contribution in [0, 0.1) is 11.3 Å². The van der Waals surface area contributed by atoms with E-state index >= 15 is 0 Å². The zero-order valence-corrected chi connectivity index (χ0v) is 17.5. The number of hydrogen-bond donors (Lipinski definition) is 1. The molecule has 3 aromatic rings. The van der Waals surface area contributed by atoms with Gasteiger partial charge in [-0.1, -0.05) is 18.2 Å². The van der Waals surface area contributed by atoms with Crippen molar-refractivity contribution in [1.29, 1.82) is 5.26 Å². The molecule has 2 heterocycles. The molecule has 0 fully saturated rings. The standard InChI is InChI=1S/C25H17N3O5/c1-31-19-5-3-2-4-18(19)22-23(27-16-8-11-20-21(12-16)33-14-32-20)25(30)28(24(22)29)17-9-6-15(13-26)7-10-17/h2-12,27H,14H2,1H3. The Morgan fingerprint density at radius 2 is 1.73 bits per heavy atom. The van der Waals surface area contributed by atoms with Gasteiger partial charge >= 0.3 is 0 Å². The zero-order chi connectivity index (χ0) is 22.9. The summed E-state index contributed by atoms with van der Waals surface area (Å²) in [5, 5.41) is 12.2. The van der Waals surface area contributed by atoms with Gasteiger partial charge in [0.25, 0.3) is 11.8 Å². The number of methoxy groups -OCH3 is 1. The third-order valence-corrected chi connectivity index (χ3v) is 5.36. The minimum atomic E-state index is -0.525. The number of nitrogens with one attached hydrogen (secondary N) is 1. The molecule has 0 saturated carbocycles. The SMILES string of the molecule is COc1ccccc1C1=C(Nc2ccc3c(c2)OCO3)C(=O)N(c2ccc(C#N)cc2)C1=O. The second kappa shape index (κ2) is 8.05. The summed E-state index contributed by atoms with van der Waals surface area (Å²) in [5.74, 6) is 0.578. The van der Waals surface area contributed by atoms with Crippen LogP contribution in [0.2, 0.25) is 0 Å². The van der Waals surface area contributed by atoms with Crippen LogP contribution in [0.4, 0.5) is 11.4 Å². The fraction of sp³-hybridized carbons (Fsp3) is 0.0800. The molecule has 5 rings (SSSR count). The Kier molecular flexibility index (Phi) is 4.92. The fourth-order valence-electron chi connectivity index (χ4n) is 3.78. The average molecular weight is 439 g/mol. The second-order valence-corrected chi connectivity index (χ2v) is 7.25. The Balaban J connectivity index is 1.61. The van der Waals surface area contributed by atoms with Gasteiger partial charge in [0.2, 0.25) is 6.79 Å². The molecular formula is C25H17N3O5.